The van der Waals surface area contributed by atoms with Crippen LogP contribution in [0, 0.1) is 0 Å². The van der Waals surface area contributed by atoms with Crippen molar-refractivity contribution in [3.8, 4) is 17.8 Å². The minimum absolute atomic E-state index is 0.0913. The van der Waals surface area contributed by atoms with Crippen LogP contribution in [0.2, 0.25) is 0 Å². The average Bonchev–Trinajstić information content (AvgIpc) is 2.55. The fourth-order valence-corrected chi connectivity index (χ4v) is 1.59. The molecular weight excluding hydrogens is 288 g/mol. The van der Waals surface area contributed by atoms with E-state index < -0.39 is 5.97 Å². The Kier molecular flexibility index (Phi) is 5.07. The molecule has 116 valence electrons. The number of rotatable bonds is 6. The van der Waals surface area contributed by atoms with E-state index in [9.17, 15) is 4.79 Å². The SMILES string of the molecule is CCNc1nc(OC)nc(Oc2ccc(C(=O)OC)cc2)n1. The molecule has 1 heterocycles. The first-order valence-electron chi connectivity index (χ1n) is 6.56. The van der Waals surface area contributed by atoms with E-state index in [0.717, 1.165) is 0 Å². The second kappa shape index (κ2) is 7.21. The lowest BCUT2D eigenvalue weighted by molar-refractivity contribution is 0.0600. The van der Waals surface area contributed by atoms with Crippen molar-refractivity contribution >= 4 is 11.9 Å². The summed E-state index contributed by atoms with van der Waals surface area (Å²) >= 11 is 0. The van der Waals surface area contributed by atoms with Crippen LogP contribution < -0.4 is 14.8 Å². The molecule has 2 aromatic rings. The molecule has 0 spiro atoms. The molecule has 22 heavy (non-hydrogen) atoms. The molecule has 0 unspecified atom stereocenters. The summed E-state index contributed by atoms with van der Waals surface area (Å²) in [6.45, 7) is 2.57. The summed E-state index contributed by atoms with van der Waals surface area (Å²) in [5.41, 5.74) is 0.427. The predicted octanol–water partition coefficient (Wildman–Crippen LogP) is 1.89. The average molecular weight is 304 g/mol. The van der Waals surface area contributed by atoms with Gasteiger partial charge in [0.25, 0.3) is 0 Å². The number of benzene rings is 1. The molecule has 0 aliphatic carbocycles. The normalized spacial score (nSPS) is 9.95. The number of carbonyl (C=O) groups excluding carboxylic acids is 1. The molecule has 0 bridgehead atoms. The number of nitrogens with zero attached hydrogens (tertiary/aromatic N) is 3. The molecule has 1 aromatic carbocycles. The Balaban J connectivity index is 2.19. The van der Waals surface area contributed by atoms with Crippen LogP contribution in [0.1, 0.15) is 17.3 Å². The van der Waals surface area contributed by atoms with Gasteiger partial charge in [0.2, 0.25) is 5.95 Å². The first kappa shape index (κ1) is 15.5. The van der Waals surface area contributed by atoms with Crippen molar-refractivity contribution in [2.24, 2.45) is 0 Å². The zero-order valence-electron chi connectivity index (χ0n) is 12.5. The lowest BCUT2D eigenvalue weighted by Crippen LogP contribution is -2.06. The summed E-state index contributed by atoms with van der Waals surface area (Å²) in [5.74, 6) is 0.418. The Bertz CT molecular complexity index is 646. The number of aromatic nitrogens is 3. The number of nitrogens with one attached hydrogen (secondary N) is 1. The lowest BCUT2D eigenvalue weighted by atomic mass is 10.2. The van der Waals surface area contributed by atoms with Gasteiger partial charge in [-0.05, 0) is 31.2 Å². The van der Waals surface area contributed by atoms with Crippen LogP contribution in [0.3, 0.4) is 0 Å². The number of hydrogen-bond donors (Lipinski definition) is 1. The van der Waals surface area contributed by atoms with Crippen LogP contribution in [-0.2, 0) is 4.74 Å². The van der Waals surface area contributed by atoms with Gasteiger partial charge < -0.3 is 19.5 Å². The topological polar surface area (TPSA) is 95.5 Å². The molecular formula is C14H16N4O4. The van der Waals surface area contributed by atoms with E-state index in [2.05, 4.69) is 25.0 Å². The van der Waals surface area contributed by atoms with Crippen LogP contribution in [0.5, 0.6) is 17.8 Å². The molecule has 0 radical (unpaired) electrons. The summed E-state index contributed by atoms with van der Waals surface area (Å²) < 4.78 is 15.2. The van der Waals surface area contributed by atoms with Gasteiger partial charge in [0.1, 0.15) is 5.75 Å². The summed E-state index contributed by atoms with van der Waals surface area (Å²) in [5, 5.41) is 2.96. The fourth-order valence-electron chi connectivity index (χ4n) is 1.59. The third-order valence-corrected chi connectivity index (χ3v) is 2.60. The highest BCUT2D eigenvalue weighted by atomic mass is 16.5. The number of anilines is 1. The number of carbonyl (C=O) groups is 1. The molecule has 0 amide bonds. The third-order valence-electron chi connectivity index (χ3n) is 2.60. The van der Waals surface area contributed by atoms with Crippen LogP contribution in [0.25, 0.3) is 0 Å². The highest BCUT2D eigenvalue weighted by Crippen LogP contribution is 2.21. The number of ether oxygens (including phenoxy) is 3. The van der Waals surface area contributed by atoms with E-state index in [4.69, 9.17) is 9.47 Å². The molecule has 0 saturated carbocycles. The molecule has 0 saturated heterocycles. The zero-order chi connectivity index (χ0) is 15.9. The molecule has 0 aliphatic rings. The molecule has 8 heteroatoms. The minimum Gasteiger partial charge on any atom is -0.467 e. The smallest absolute Gasteiger partial charge is 0.337 e. The van der Waals surface area contributed by atoms with Crippen LogP contribution in [0.15, 0.2) is 24.3 Å². The summed E-state index contributed by atoms with van der Waals surface area (Å²) in [7, 11) is 2.78. The van der Waals surface area contributed by atoms with E-state index >= 15 is 0 Å². The van der Waals surface area contributed by atoms with Gasteiger partial charge in [-0.25, -0.2) is 4.79 Å². The lowest BCUT2D eigenvalue weighted by Gasteiger charge is -2.08. The second-order valence-electron chi connectivity index (χ2n) is 4.08. The highest BCUT2D eigenvalue weighted by Gasteiger charge is 2.10. The molecule has 0 fully saturated rings. The summed E-state index contributed by atoms with van der Waals surface area (Å²) in [4.78, 5) is 23.5. The summed E-state index contributed by atoms with van der Waals surface area (Å²) in [6, 6.07) is 6.65. The summed E-state index contributed by atoms with van der Waals surface area (Å²) in [6.07, 6.45) is 0. The van der Waals surface area contributed by atoms with Gasteiger partial charge in [-0.1, -0.05) is 0 Å². The quantitative estimate of drug-likeness (QED) is 0.808. The van der Waals surface area contributed by atoms with Gasteiger partial charge in [-0.3, -0.25) is 0 Å². The maximum Gasteiger partial charge on any atom is 0.337 e. The van der Waals surface area contributed by atoms with Crippen LogP contribution in [-0.4, -0.2) is 41.7 Å². The van der Waals surface area contributed by atoms with E-state index in [-0.39, 0.29) is 12.0 Å². The number of hydrogen-bond acceptors (Lipinski definition) is 8. The van der Waals surface area contributed by atoms with Crippen molar-refractivity contribution in [3.05, 3.63) is 29.8 Å². The molecule has 0 aliphatic heterocycles. The van der Waals surface area contributed by atoms with Crippen LogP contribution in [0.4, 0.5) is 5.95 Å². The Hall–Kier alpha value is -2.90. The molecule has 0 atom stereocenters. The van der Waals surface area contributed by atoms with Crippen molar-refractivity contribution in [2.75, 3.05) is 26.1 Å². The van der Waals surface area contributed by atoms with Gasteiger partial charge in [-0.2, -0.15) is 9.97 Å². The molecule has 1 N–H and O–H groups in total. The maximum atomic E-state index is 11.4. The van der Waals surface area contributed by atoms with Gasteiger partial charge in [0, 0.05) is 6.54 Å². The van der Waals surface area contributed by atoms with E-state index in [1.807, 2.05) is 6.92 Å². The standard InChI is InChI=1S/C14H16N4O4/c1-4-15-12-16-13(21-3)18-14(17-12)22-10-7-5-9(6-8-10)11(19)20-2/h5-8H,4H2,1-3H3,(H,15,16,17,18). The minimum atomic E-state index is -0.414. The first-order chi connectivity index (χ1) is 10.7. The predicted molar refractivity (Wildman–Crippen MR) is 78.4 cm³/mol. The Morgan fingerprint density at radius 1 is 1.09 bits per heavy atom. The van der Waals surface area contributed by atoms with Crippen molar-refractivity contribution in [3.63, 3.8) is 0 Å². The van der Waals surface area contributed by atoms with E-state index in [0.29, 0.717) is 23.8 Å². The van der Waals surface area contributed by atoms with Gasteiger partial charge >= 0.3 is 18.0 Å². The Labute approximate surface area is 127 Å². The fraction of sp³-hybridized carbons (Fsp3) is 0.286. The molecule has 8 nitrogen and oxygen atoms in total. The monoisotopic (exact) mass is 304 g/mol. The number of methoxy groups -OCH3 is 2. The third kappa shape index (κ3) is 3.81. The Morgan fingerprint density at radius 3 is 2.36 bits per heavy atom. The molecule has 2 rings (SSSR count). The van der Waals surface area contributed by atoms with Crippen molar-refractivity contribution in [1.29, 1.82) is 0 Å². The maximum absolute atomic E-state index is 11.4. The first-order valence-corrected chi connectivity index (χ1v) is 6.56. The van der Waals surface area contributed by atoms with Gasteiger partial charge in [0.05, 0.1) is 19.8 Å². The number of esters is 1. The van der Waals surface area contributed by atoms with Crippen LogP contribution >= 0.6 is 0 Å². The van der Waals surface area contributed by atoms with Gasteiger partial charge in [0.15, 0.2) is 0 Å². The van der Waals surface area contributed by atoms with E-state index in [1.54, 1.807) is 24.3 Å². The highest BCUT2D eigenvalue weighted by molar-refractivity contribution is 5.89. The second-order valence-corrected chi connectivity index (χ2v) is 4.08. The van der Waals surface area contributed by atoms with Gasteiger partial charge in [-0.15, -0.1) is 4.98 Å². The largest absolute Gasteiger partial charge is 0.467 e. The van der Waals surface area contributed by atoms with E-state index in [1.165, 1.54) is 14.2 Å². The van der Waals surface area contributed by atoms with Crippen molar-refractivity contribution in [1.82, 2.24) is 15.0 Å². The van der Waals surface area contributed by atoms with Crippen molar-refractivity contribution < 1.29 is 19.0 Å². The molecule has 1 aromatic heterocycles. The van der Waals surface area contributed by atoms with Crippen molar-refractivity contribution in [2.45, 2.75) is 6.92 Å². The zero-order valence-corrected chi connectivity index (χ0v) is 12.5. The Morgan fingerprint density at radius 2 is 1.77 bits per heavy atom.